The molecule has 0 radical (unpaired) electrons. The molecule has 0 aliphatic rings. The van der Waals surface area contributed by atoms with Gasteiger partial charge in [-0.3, -0.25) is 11.3 Å². The van der Waals surface area contributed by atoms with Crippen molar-refractivity contribution in [1.82, 2.24) is 5.43 Å². The fraction of sp³-hybridized carbons (Fsp3) is 0.538. The van der Waals surface area contributed by atoms with Crippen LogP contribution in [0.3, 0.4) is 0 Å². The normalized spacial score (nSPS) is 14.8. The predicted octanol–water partition coefficient (Wildman–Crippen LogP) is 3.26. The summed E-state index contributed by atoms with van der Waals surface area (Å²) in [5.74, 6) is 6.32. The second kappa shape index (κ2) is 7.05. The van der Waals surface area contributed by atoms with Crippen molar-refractivity contribution in [3.05, 3.63) is 34.3 Å². The monoisotopic (exact) mass is 284 g/mol. The van der Waals surface area contributed by atoms with Crippen LogP contribution in [0.25, 0.3) is 0 Å². The van der Waals surface area contributed by atoms with E-state index in [0.717, 1.165) is 12.8 Å². The van der Waals surface area contributed by atoms with Crippen molar-refractivity contribution in [3.8, 4) is 0 Å². The summed E-state index contributed by atoms with van der Waals surface area (Å²) in [6, 6.07) is 8.68. The fourth-order valence-corrected chi connectivity index (χ4v) is 2.24. The van der Waals surface area contributed by atoms with Gasteiger partial charge >= 0.3 is 0 Å². The summed E-state index contributed by atoms with van der Waals surface area (Å²) in [5, 5.41) is 0. The highest BCUT2D eigenvalue weighted by Crippen LogP contribution is 2.20. The Morgan fingerprint density at radius 1 is 1.38 bits per heavy atom. The molecule has 0 heterocycles. The minimum Gasteiger partial charge on any atom is -0.271 e. The van der Waals surface area contributed by atoms with Crippen LogP contribution in [0.5, 0.6) is 0 Å². The summed E-state index contributed by atoms with van der Waals surface area (Å²) in [6.45, 7) is 4.49. The number of hydrogen-bond acceptors (Lipinski definition) is 2. The van der Waals surface area contributed by atoms with Gasteiger partial charge in [0.25, 0.3) is 0 Å². The Morgan fingerprint density at radius 3 is 2.62 bits per heavy atom. The number of nitrogens with two attached hydrogens (primary N) is 1. The van der Waals surface area contributed by atoms with Crippen molar-refractivity contribution in [3.63, 3.8) is 0 Å². The first kappa shape index (κ1) is 13.7. The quantitative estimate of drug-likeness (QED) is 0.622. The third-order valence-electron chi connectivity index (χ3n) is 3.04. The highest BCUT2D eigenvalue weighted by Gasteiger charge is 2.12. The molecule has 3 heteroatoms. The summed E-state index contributed by atoms with van der Waals surface area (Å²) >= 11 is 3.57. The molecular weight excluding hydrogens is 264 g/mol. The van der Waals surface area contributed by atoms with Crippen molar-refractivity contribution < 1.29 is 0 Å². The molecule has 0 aromatic heterocycles. The van der Waals surface area contributed by atoms with Gasteiger partial charge in [0.05, 0.1) is 0 Å². The van der Waals surface area contributed by atoms with Crippen LogP contribution in [0.4, 0.5) is 0 Å². The van der Waals surface area contributed by atoms with Crippen LogP contribution in [0.15, 0.2) is 28.7 Å². The maximum atomic E-state index is 5.61. The smallest absolute Gasteiger partial charge is 0.0253 e. The number of hydrogen-bond donors (Lipinski definition) is 2. The van der Waals surface area contributed by atoms with Crippen LogP contribution < -0.4 is 11.3 Å². The lowest BCUT2D eigenvalue weighted by molar-refractivity contribution is 0.396. The highest BCUT2D eigenvalue weighted by atomic mass is 79.9. The zero-order chi connectivity index (χ0) is 12.0. The molecule has 2 unspecified atom stereocenters. The number of hydrazine groups is 1. The molecule has 3 N–H and O–H groups in total. The van der Waals surface area contributed by atoms with Gasteiger partial charge in [-0.05, 0) is 30.4 Å². The second-order valence-corrected chi connectivity index (χ2v) is 5.26. The van der Waals surface area contributed by atoms with Gasteiger partial charge in [0.1, 0.15) is 0 Å². The molecule has 0 bridgehead atoms. The Kier molecular flexibility index (Phi) is 6.03. The molecule has 0 spiro atoms. The summed E-state index contributed by atoms with van der Waals surface area (Å²) in [6.07, 6.45) is 3.30. The van der Waals surface area contributed by atoms with Crippen molar-refractivity contribution >= 4 is 15.9 Å². The Labute approximate surface area is 107 Å². The van der Waals surface area contributed by atoms with E-state index < -0.39 is 0 Å². The van der Waals surface area contributed by atoms with Gasteiger partial charge < -0.3 is 0 Å². The average Bonchev–Trinajstić information content (AvgIpc) is 2.30. The minimum absolute atomic E-state index is 0.355. The lowest BCUT2D eigenvalue weighted by Gasteiger charge is -2.20. The Hall–Kier alpha value is -0.380. The molecule has 1 aromatic carbocycles. The first-order valence-corrected chi connectivity index (χ1v) is 6.66. The molecule has 0 saturated heterocycles. The molecule has 2 atom stereocenters. The van der Waals surface area contributed by atoms with E-state index in [1.54, 1.807) is 0 Å². The third kappa shape index (κ3) is 4.24. The lowest BCUT2D eigenvalue weighted by atomic mass is 9.95. The Morgan fingerprint density at radius 2 is 2.06 bits per heavy atom. The molecule has 2 nitrogen and oxygen atoms in total. The van der Waals surface area contributed by atoms with E-state index in [4.69, 9.17) is 5.84 Å². The maximum Gasteiger partial charge on any atom is 0.0253 e. The maximum absolute atomic E-state index is 5.61. The number of halogens is 1. The molecule has 1 aromatic rings. The van der Waals surface area contributed by atoms with E-state index in [0.29, 0.717) is 12.0 Å². The summed E-state index contributed by atoms with van der Waals surface area (Å²) in [4.78, 5) is 0. The van der Waals surface area contributed by atoms with Gasteiger partial charge in [-0.15, -0.1) is 0 Å². The van der Waals surface area contributed by atoms with Gasteiger partial charge in [0.2, 0.25) is 0 Å². The van der Waals surface area contributed by atoms with E-state index >= 15 is 0 Å². The summed E-state index contributed by atoms with van der Waals surface area (Å²) in [5.41, 5.74) is 4.24. The van der Waals surface area contributed by atoms with Crippen molar-refractivity contribution in [2.24, 2.45) is 11.8 Å². The van der Waals surface area contributed by atoms with Crippen molar-refractivity contribution in [2.75, 3.05) is 0 Å². The molecule has 90 valence electrons. The van der Waals surface area contributed by atoms with Crippen LogP contribution in [0.2, 0.25) is 0 Å². The molecule has 1 rings (SSSR count). The SMILES string of the molecule is CCC(C)CC(Cc1ccccc1Br)NN. The first-order valence-electron chi connectivity index (χ1n) is 5.86. The van der Waals surface area contributed by atoms with Crippen LogP contribution >= 0.6 is 15.9 Å². The number of rotatable bonds is 6. The standard InChI is InChI=1S/C13H21BrN2/c1-3-10(2)8-12(16-15)9-11-6-4-5-7-13(11)14/h4-7,10,12,16H,3,8-9,15H2,1-2H3. The Bertz CT molecular complexity index is 315. The summed E-state index contributed by atoms with van der Waals surface area (Å²) in [7, 11) is 0. The topological polar surface area (TPSA) is 38.0 Å². The minimum atomic E-state index is 0.355. The molecule has 0 aliphatic heterocycles. The zero-order valence-corrected chi connectivity index (χ0v) is 11.6. The summed E-state index contributed by atoms with van der Waals surface area (Å²) < 4.78 is 1.17. The van der Waals surface area contributed by atoms with E-state index in [9.17, 15) is 0 Å². The first-order chi connectivity index (χ1) is 7.67. The zero-order valence-electron chi connectivity index (χ0n) is 10.0. The van der Waals surface area contributed by atoms with Gasteiger partial charge in [0, 0.05) is 10.5 Å². The second-order valence-electron chi connectivity index (χ2n) is 4.41. The average molecular weight is 285 g/mol. The van der Waals surface area contributed by atoms with Crippen molar-refractivity contribution in [2.45, 2.75) is 39.2 Å². The van der Waals surface area contributed by atoms with Gasteiger partial charge in [0.15, 0.2) is 0 Å². The molecule has 0 amide bonds. The van der Waals surface area contributed by atoms with Crippen LogP contribution in [-0.4, -0.2) is 6.04 Å². The third-order valence-corrected chi connectivity index (χ3v) is 3.82. The number of benzene rings is 1. The lowest BCUT2D eigenvalue weighted by Crippen LogP contribution is -2.38. The van der Waals surface area contributed by atoms with E-state index in [2.05, 4.69) is 53.4 Å². The largest absolute Gasteiger partial charge is 0.271 e. The molecule has 0 saturated carbocycles. The predicted molar refractivity (Wildman–Crippen MR) is 73.0 cm³/mol. The molecule has 0 fully saturated rings. The highest BCUT2D eigenvalue weighted by molar-refractivity contribution is 9.10. The van der Waals surface area contributed by atoms with E-state index in [1.807, 2.05) is 6.07 Å². The van der Waals surface area contributed by atoms with Gasteiger partial charge in [-0.25, -0.2) is 0 Å². The Balaban J connectivity index is 2.60. The van der Waals surface area contributed by atoms with E-state index in [-0.39, 0.29) is 0 Å². The van der Waals surface area contributed by atoms with Crippen molar-refractivity contribution in [1.29, 1.82) is 0 Å². The number of nitrogens with one attached hydrogen (secondary N) is 1. The molecule has 0 aliphatic carbocycles. The van der Waals surface area contributed by atoms with Gasteiger partial charge in [-0.2, -0.15) is 0 Å². The van der Waals surface area contributed by atoms with Crippen LogP contribution in [0.1, 0.15) is 32.3 Å². The fourth-order valence-electron chi connectivity index (χ4n) is 1.79. The van der Waals surface area contributed by atoms with E-state index in [1.165, 1.54) is 16.5 Å². The molecular formula is C13H21BrN2. The molecule has 16 heavy (non-hydrogen) atoms. The van der Waals surface area contributed by atoms with Crippen LogP contribution in [-0.2, 0) is 6.42 Å². The van der Waals surface area contributed by atoms with Gasteiger partial charge in [-0.1, -0.05) is 54.4 Å². The van der Waals surface area contributed by atoms with Crippen LogP contribution in [0, 0.1) is 5.92 Å².